The van der Waals surface area contributed by atoms with Gasteiger partial charge in [0.15, 0.2) is 0 Å². The van der Waals surface area contributed by atoms with Crippen LogP contribution in [0.4, 0.5) is 0 Å². The molecule has 0 fully saturated rings. The van der Waals surface area contributed by atoms with E-state index in [2.05, 4.69) is 32.2 Å². The van der Waals surface area contributed by atoms with Gasteiger partial charge in [-0.3, -0.25) is 0 Å². The van der Waals surface area contributed by atoms with E-state index in [-0.39, 0.29) is 0 Å². The Morgan fingerprint density at radius 1 is 1.43 bits per heavy atom. The summed E-state index contributed by atoms with van der Waals surface area (Å²) in [6, 6.07) is 0.609. The highest BCUT2D eigenvalue weighted by Crippen LogP contribution is 2.07. The summed E-state index contributed by atoms with van der Waals surface area (Å²) in [5.74, 6) is 0.772. The Balaban J connectivity index is 2.15. The summed E-state index contributed by atoms with van der Waals surface area (Å²) in [6.45, 7) is 9.49. The number of rotatable bonds is 5. The van der Waals surface area contributed by atoms with E-state index >= 15 is 0 Å². The minimum absolute atomic E-state index is 0.609. The highest BCUT2D eigenvalue weighted by Gasteiger charge is 2.07. The highest BCUT2D eigenvalue weighted by molar-refractivity contribution is 5.06. The van der Waals surface area contributed by atoms with E-state index in [1.165, 1.54) is 12.0 Å². The third-order valence-corrected chi connectivity index (χ3v) is 2.49. The molecule has 1 heterocycles. The Kier molecular flexibility index (Phi) is 5.20. The Hall–Kier alpha value is -0.340. The van der Waals surface area contributed by atoms with Crippen molar-refractivity contribution in [1.29, 1.82) is 0 Å². The Bertz CT molecular complexity index is 187. The van der Waals surface area contributed by atoms with E-state index in [4.69, 9.17) is 4.74 Å². The lowest BCUT2D eigenvalue weighted by Gasteiger charge is -2.19. The zero-order chi connectivity index (χ0) is 10.4. The summed E-state index contributed by atoms with van der Waals surface area (Å²) in [7, 11) is 0. The summed E-state index contributed by atoms with van der Waals surface area (Å²) in [5.41, 5.74) is 1.41. The second-order valence-corrected chi connectivity index (χ2v) is 4.62. The smallest absolute Gasteiger partial charge is 0.0689 e. The van der Waals surface area contributed by atoms with Crippen LogP contribution in [-0.2, 0) is 4.74 Å². The summed E-state index contributed by atoms with van der Waals surface area (Å²) < 4.78 is 5.39. The lowest BCUT2D eigenvalue weighted by Crippen LogP contribution is -2.30. The molecule has 1 unspecified atom stereocenters. The van der Waals surface area contributed by atoms with Crippen LogP contribution in [0.3, 0.4) is 0 Å². The van der Waals surface area contributed by atoms with Gasteiger partial charge in [0.05, 0.1) is 13.2 Å². The van der Waals surface area contributed by atoms with E-state index in [9.17, 15) is 0 Å². The van der Waals surface area contributed by atoms with Gasteiger partial charge in [0.2, 0.25) is 0 Å². The quantitative estimate of drug-likeness (QED) is 0.683. The zero-order valence-electron chi connectivity index (χ0n) is 9.68. The summed E-state index contributed by atoms with van der Waals surface area (Å²) in [6.07, 6.45) is 4.63. The zero-order valence-corrected chi connectivity index (χ0v) is 9.68. The van der Waals surface area contributed by atoms with Crippen molar-refractivity contribution in [2.24, 2.45) is 5.92 Å². The van der Waals surface area contributed by atoms with Gasteiger partial charge >= 0.3 is 0 Å². The van der Waals surface area contributed by atoms with Crippen LogP contribution in [0.25, 0.3) is 0 Å². The second-order valence-electron chi connectivity index (χ2n) is 4.62. The van der Waals surface area contributed by atoms with Gasteiger partial charge in [-0.05, 0) is 31.3 Å². The fraction of sp³-hybridized carbons (Fsp3) is 0.833. The lowest BCUT2D eigenvalue weighted by atomic mass is 10.0. The molecule has 0 spiro atoms. The van der Waals surface area contributed by atoms with Gasteiger partial charge in [0.25, 0.3) is 0 Å². The summed E-state index contributed by atoms with van der Waals surface area (Å²) >= 11 is 0. The molecule has 0 amide bonds. The molecule has 1 N–H and O–H groups in total. The molecule has 1 atom stereocenters. The SMILES string of the molecule is CC(C)CC(C)NCC1=CCCOC1. The van der Waals surface area contributed by atoms with Crippen LogP contribution >= 0.6 is 0 Å². The highest BCUT2D eigenvalue weighted by atomic mass is 16.5. The maximum Gasteiger partial charge on any atom is 0.0689 e. The molecule has 0 aromatic carbocycles. The van der Waals surface area contributed by atoms with Crippen LogP contribution in [-0.4, -0.2) is 25.8 Å². The van der Waals surface area contributed by atoms with Crippen molar-refractivity contribution in [3.63, 3.8) is 0 Å². The predicted octanol–water partition coefficient (Wildman–Crippen LogP) is 2.36. The third kappa shape index (κ3) is 4.77. The van der Waals surface area contributed by atoms with Gasteiger partial charge in [-0.25, -0.2) is 0 Å². The van der Waals surface area contributed by atoms with E-state index < -0.39 is 0 Å². The van der Waals surface area contributed by atoms with E-state index in [0.717, 1.165) is 32.1 Å². The van der Waals surface area contributed by atoms with Crippen molar-refractivity contribution in [1.82, 2.24) is 5.32 Å². The van der Waals surface area contributed by atoms with Crippen molar-refractivity contribution in [3.8, 4) is 0 Å². The van der Waals surface area contributed by atoms with Crippen molar-refractivity contribution < 1.29 is 4.74 Å². The van der Waals surface area contributed by atoms with Gasteiger partial charge in [-0.15, -0.1) is 0 Å². The predicted molar refractivity (Wildman–Crippen MR) is 60.4 cm³/mol. The maximum absolute atomic E-state index is 5.39. The van der Waals surface area contributed by atoms with Crippen molar-refractivity contribution in [3.05, 3.63) is 11.6 Å². The molecule has 0 radical (unpaired) electrons. The minimum Gasteiger partial charge on any atom is -0.377 e. The average Bonchev–Trinajstić information content (AvgIpc) is 2.15. The normalized spacial score (nSPS) is 19.6. The van der Waals surface area contributed by atoms with E-state index in [1.54, 1.807) is 0 Å². The molecule has 0 saturated carbocycles. The Morgan fingerprint density at radius 3 is 2.79 bits per heavy atom. The van der Waals surface area contributed by atoms with Crippen LogP contribution < -0.4 is 5.32 Å². The van der Waals surface area contributed by atoms with Gasteiger partial charge in [0.1, 0.15) is 0 Å². The number of ether oxygens (including phenoxy) is 1. The van der Waals surface area contributed by atoms with Crippen LogP contribution in [0.1, 0.15) is 33.6 Å². The number of hydrogen-bond acceptors (Lipinski definition) is 2. The first kappa shape index (κ1) is 11.7. The molecule has 0 aromatic rings. The largest absolute Gasteiger partial charge is 0.377 e. The standard InChI is InChI=1S/C12H23NO/c1-10(2)7-11(3)13-8-12-5-4-6-14-9-12/h5,10-11,13H,4,6-9H2,1-3H3. The number of hydrogen-bond donors (Lipinski definition) is 1. The van der Waals surface area contributed by atoms with Crippen LogP contribution in [0, 0.1) is 5.92 Å². The van der Waals surface area contributed by atoms with Gasteiger partial charge in [-0.1, -0.05) is 19.9 Å². The first-order chi connectivity index (χ1) is 6.68. The van der Waals surface area contributed by atoms with Gasteiger partial charge < -0.3 is 10.1 Å². The molecule has 2 heteroatoms. The molecule has 0 aromatic heterocycles. The molecule has 1 aliphatic heterocycles. The molecule has 0 saturated heterocycles. The molecule has 0 aliphatic carbocycles. The molecule has 82 valence electrons. The molecule has 1 aliphatic rings. The molecular weight excluding hydrogens is 174 g/mol. The van der Waals surface area contributed by atoms with Crippen LogP contribution in [0.5, 0.6) is 0 Å². The molecule has 0 bridgehead atoms. The second kappa shape index (κ2) is 6.20. The topological polar surface area (TPSA) is 21.3 Å². The van der Waals surface area contributed by atoms with Crippen molar-refractivity contribution in [2.75, 3.05) is 19.8 Å². The van der Waals surface area contributed by atoms with Gasteiger partial charge in [0, 0.05) is 12.6 Å². The third-order valence-electron chi connectivity index (χ3n) is 2.49. The fourth-order valence-corrected chi connectivity index (χ4v) is 1.83. The first-order valence-electron chi connectivity index (χ1n) is 5.67. The van der Waals surface area contributed by atoms with Crippen LogP contribution in [0.15, 0.2) is 11.6 Å². The van der Waals surface area contributed by atoms with E-state index in [1.807, 2.05) is 0 Å². The summed E-state index contributed by atoms with van der Waals surface area (Å²) in [5, 5.41) is 3.54. The Morgan fingerprint density at radius 2 is 2.21 bits per heavy atom. The van der Waals surface area contributed by atoms with Crippen molar-refractivity contribution >= 4 is 0 Å². The average molecular weight is 197 g/mol. The summed E-state index contributed by atoms with van der Waals surface area (Å²) in [4.78, 5) is 0. The Labute approximate surface area is 87.7 Å². The molecule has 2 nitrogen and oxygen atoms in total. The number of nitrogens with one attached hydrogen (secondary N) is 1. The van der Waals surface area contributed by atoms with E-state index in [0.29, 0.717) is 6.04 Å². The van der Waals surface area contributed by atoms with Crippen molar-refractivity contribution in [2.45, 2.75) is 39.7 Å². The van der Waals surface area contributed by atoms with Crippen LogP contribution in [0.2, 0.25) is 0 Å². The maximum atomic E-state index is 5.39. The van der Waals surface area contributed by atoms with Gasteiger partial charge in [-0.2, -0.15) is 0 Å². The first-order valence-corrected chi connectivity index (χ1v) is 5.67. The fourth-order valence-electron chi connectivity index (χ4n) is 1.83. The lowest BCUT2D eigenvalue weighted by molar-refractivity contribution is 0.148. The molecule has 1 rings (SSSR count). The molecular formula is C12H23NO. The molecule has 14 heavy (non-hydrogen) atoms. The minimum atomic E-state index is 0.609. The monoisotopic (exact) mass is 197 g/mol.